The second-order valence-electron chi connectivity index (χ2n) is 6.86. The molecule has 1 unspecified atom stereocenters. The Balaban J connectivity index is 1.50. The summed E-state index contributed by atoms with van der Waals surface area (Å²) in [6.07, 6.45) is 8.57. The summed E-state index contributed by atoms with van der Waals surface area (Å²) in [7, 11) is 0. The summed E-state index contributed by atoms with van der Waals surface area (Å²) in [5.74, 6) is -0.800. The Morgan fingerprint density at radius 2 is 2.32 bits per heavy atom. The largest absolute Gasteiger partial charge is 0.356 e. The fraction of sp³-hybridized carbons (Fsp3) is 0.300. The molecule has 1 aliphatic rings. The van der Waals surface area contributed by atoms with Crippen LogP contribution in [0.5, 0.6) is 0 Å². The maximum Gasteiger partial charge on any atom is 0.262 e. The van der Waals surface area contributed by atoms with Gasteiger partial charge >= 0.3 is 0 Å². The van der Waals surface area contributed by atoms with E-state index in [0.29, 0.717) is 42.4 Å². The van der Waals surface area contributed by atoms with Crippen molar-refractivity contribution in [3.05, 3.63) is 58.6 Å². The molecular formula is C20H20FN5O2. The molecule has 144 valence electrons. The van der Waals surface area contributed by atoms with Gasteiger partial charge in [0.15, 0.2) is 0 Å². The third kappa shape index (κ3) is 3.21. The average Bonchev–Trinajstić information content (AvgIpc) is 3.10. The van der Waals surface area contributed by atoms with Gasteiger partial charge in [0.2, 0.25) is 5.91 Å². The predicted molar refractivity (Wildman–Crippen MR) is 104 cm³/mol. The van der Waals surface area contributed by atoms with Crippen molar-refractivity contribution < 1.29 is 9.18 Å². The number of allylic oxidation sites excluding steroid dienone is 3. The molecule has 3 aromatic heterocycles. The van der Waals surface area contributed by atoms with Crippen LogP contribution in [0.25, 0.3) is 21.8 Å². The van der Waals surface area contributed by atoms with Crippen molar-refractivity contribution in [1.29, 1.82) is 0 Å². The number of amides is 1. The number of nitrogens with one attached hydrogen (secondary N) is 2. The highest BCUT2D eigenvalue weighted by molar-refractivity contribution is 6.03. The lowest BCUT2D eigenvalue weighted by molar-refractivity contribution is -0.123. The minimum atomic E-state index is -0.350. The molecule has 0 spiro atoms. The van der Waals surface area contributed by atoms with Gasteiger partial charge in [-0.1, -0.05) is 6.08 Å². The normalized spacial score (nSPS) is 16.5. The van der Waals surface area contributed by atoms with E-state index in [9.17, 15) is 14.0 Å². The molecule has 0 aromatic carbocycles. The van der Waals surface area contributed by atoms with Crippen LogP contribution >= 0.6 is 0 Å². The van der Waals surface area contributed by atoms with E-state index in [1.54, 1.807) is 23.0 Å². The smallest absolute Gasteiger partial charge is 0.262 e. The Kier molecular flexibility index (Phi) is 4.77. The number of hydrogen-bond acceptors (Lipinski definition) is 4. The molecule has 1 atom stereocenters. The first-order valence-corrected chi connectivity index (χ1v) is 9.19. The van der Waals surface area contributed by atoms with E-state index < -0.39 is 0 Å². The molecule has 0 saturated carbocycles. The van der Waals surface area contributed by atoms with Gasteiger partial charge in [0, 0.05) is 30.4 Å². The Morgan fingerprint density at radius 1 is 1.46 bits per heavy atom. The third-order valence-electron chi connectivity index (χ3n) is 5.00. The molecule has 4 rings (SSSR count). The predicted octanol–water partition coefficient (Wildman–Crippen LogP) is 2.52. The molecule has 0 radical (unpaired) electrons. The second kappa shape index (κ2) is 7.38. The molecular weight excluding hydrogens is 361 g/mol. The summed E-state index contributed by atoms with van der Waals surface area (Å²) < 4.78 is 14.7. The molecule has 7 nitrogen and oxygen atoms in total. The summed E-state index contributed by atoms with van der Waals surface area (Å²) >= 11 is 0. The lowest BCUT2D eigenvalue weighted by Crippen LogP contribution is -2.32. The van der Waals surface area contributed by atoms with Crippen LogP contribution in [-0.2, 0) is 11.3 Å². The van der Waals surface area contributed by atoms with E-state index >= 15 is 0 Å². The number of pyridine rings is 2. The fourth-order valence-electron chi connectivity index (χ4n) is 3.52. The van der Waals surface area contributed by atoms with E-state index in [2.05, 4.69) is 20.5 Å². The fourth-order valence-corrected chi connectivity index (χ4v) is 3.52. The molecule has 1 aliphatic carbocycles. The Hall–Kier alpha value is -3.29. The number of carbonyl (C=O) groups excluding carboxylic acids is 1. The van der Waals surface area contributed by atoms with Gasteiger partial charge in [-0.15, -0.1) is 0 Å². The first-order valence-electron chi connectivity index (χ1n) is 9.19. The zero-order valence-corrected chi connectivity index (χ0v) is 15.4. The van der Waals surface area contributed by atoms with Crippen molar-refractivity contribution in [3.8, 4) is 0 Å². The van der Waals surface area contributed by atoms with Crippen molar-refractivity contribution >= 4 is 27.7 Å². The van der Waals surface area contributed by atoms with Crippen LogP contribution in [0.3, 0.4) is 0 Å². The van der Waals surface area contributed by atoms with Gasteiger partial charge in [-0.05, 0) is 38.0 Å². The first-order chi connectivity index (χ1) is 13.6. The number of rotatable bonds is 5. The Bertz CT molecular complexity index is 1170. The standard InChI is InChI=1S/C20H20FN5O2/c1-12-17-18(25-24-12)15-7-9-22-11-16(15)26(20(17)28)10-2-8-23-19(27)13-3-5-14(21)6-4-13/h3,5-7,9,11,13H,2,4,8,10H2,1H3,(H,23,27)(H,24,25). The number of carbonyl (C=O) groups is 1. The van der Waals surface area contributed by atoms with Crippen LogP contribution < -0.4 is 10.9 Å². The molecule has 1 amide bonds. The number of aryl methyl sites for hydroxylation is 2. The summed E-state index contributed by atoms with van der Waals surface area (Å²) in [5, 5.41) is 11.4. The van der Waals surface area contributed by atoms with Crippen molar-refractivity contribution in [3.63, 3.8) is 0 Å². The summed E-state index contributed by atoms with van der Waals surface area (Å²) in [6.45, 7) is 2.69. The Morgan fingerprint density at radius 3 is 3.11 bits per heavy atom. The minimum Gasteiger partial charge on any atom is -0.356 e. The quantitative estimate of drug-likeness (QED) is 0.664. The van der Waals surface area contributed by atoms with Crippen LogP contribution in [-0.4, -0.2) is 32.2 Å². The van der Waals surface area contributed by atoms with Crippen molar-refractivity contribution in [2.24, 2.45) is 5.92 Å². The van der Waals surface area contributed by atoms with Crippen LogP contribution in [0.15, 0.2) is 47.3 Å². The molecule has 2 N–H and O–H groups in total. The maximum atomic E-state index is 13.0. The van der Waals surface area contributed by atoms with E-state index in [4.69, 9.17) is 0 Å². The monoisotopic (exact) mass is 381 g/mol. The highest BCUT2D eigenvalue weighted by Gasteiger charge is 2.18. The van der Waals surface area contributed by atoms with Gasteiger partial charge in [-0.25, -0.2) is 4.39 Å². The van der Waals surface area contributed by atoms with Crippen LogP contribution in [0.2, 0.25) is 0 Å². The van der Waals surface area contributed by atoms with Gasteiger partial charge in [-0.3, -0.25) is 19.7 Å². The molecule has 0 fully saturated rings. The molecule has 28 heavy (non-hydrogen) atoms. The van der Waals surface area contributed by atoms with Gasteiger partial charge < -0.3 is 9.88 Å². The number of aromatic nitrogens is 4. The zero-order chi connectivity index (χ0) is 19.7. The SMILES string of the molecule is Cc1[nH]nc2c1c(=O)n(CCCNC(=O)C1C=CC(F)=CC1)c1cnccc21. The van der Waals surface area contributed by atoms with Gasteiger partial charge in [-0.2, -0.15) is 5.10 Å². The molecule has 3 aromatic rings. The summed E-state index contributed by atoms with van der Waals surface area (Å²) in [5.41, 5.74) is 1.97. The number of H-pyrrole nitrogens is 1. The van der Waals surface area contributed by atoms with Crippen molar-refractivity contribution in [1.82, 2.24) is 25.1 Å². The van der Waals surface area contributed by atoms with E-state index in [1.807, 2.05) is 13.0 Å². The molecule has 0 saturated heterocycles. The van der Waals surface area contributed by atoms with Crippen LogP contribution in [0, 0.1) is 12.8 Å². The van der Waals surface area contributed by atoms with Crippen molar-refractivity contribution in [2.75, 3.05) is 6.54 Å². The minimum absolute atomic E-state index is 0.121. The van der Waals surface area contributed by atoms with Gasteiger partial charge in [0.05, 0.1) is 23.0 Å². The van der Waals surface area contributed by atoms with Crippen molar-refractivity contribution in [2.45, 2.75) is 26.3 Å². The molecule has 0 aliphatic heterocycles. The number of aromatic amines is 1. The number of halogens is 1. The van der Waals surface area contributed by atoms with Crippen LogP contribution in [0.1, 0.15) is 18.5 Å². The lowest BCUT2D eigenvalue weighted by atomic mass is 9.99. The number of nitrogens with zero attached hydrogens (tertiary/aromatic N) is 3. The van der Waals surface area contributed by atoms with Gasteiger partial charge in [0.1, 0.15) is 11.3 Å². The lowest BCUT2D eigenvalue weighted by Gasteiger charge is -2.15. The number of fused-ring (bicyclic) bond motifs is 3. The van der Waals surface area contributed by atoms with Gasteiger partial charge in [0.25, 0.3) is 5.56 Å². The van der Waals surface area contributed by atoms with E-state index in [-0.39, 0.29) is 23.2 Å². The summed E-state index contributed by atoms with van der Waals surface area (Å²) in [4.78, 5) is 29.3. The van der Waals surface area contributed by atoms with E-state index in [1.165, 1.54) is 12.2 Å². The zero-order valence-electron chi connectivity index (χ0n) is 15.4. The molecule has 0 bridgehead atoms. The number of hydrogen-bond donors (Lipinski definition) is 2. The third-order valence-corrected chi connectivity index (χ3v) is 5.00. The average molecular weight is 381 g/mol. The van der Waals surface area contributed by atoms with E-state index in [0.717, 1.165) is 11.1 Å². The molecule has 8 heteroatoms. The Labute approximate surface area is 160 Å². The first kappa shape index (κ1) is 18.1. The highest BCUT2D eigenvalue weighted by atomic mass is 19.1. The second-order valence-corrected chi connectivity index (χ2v) is 6.86. The maximum absolute atomic E-state index is 13.0. The molecule has 3 heterocycles. The van der Waals surface area contributed by atoms with Crippen LogP contribution in [0.4, 0.5) is 4.39 Å². The highest BCUT2D eigenvalue weighted by Crippen LogP contribution is 2.22. The topological polar surface area (TPSA) is 92.7 Å². The summed E-state index contributed by atoms with van der Waals surface area (Å²) in [6, 6.07) is 1.84.